The number of hydrogen-bond donors (Lipinski definition) is 1. The summed E-state index contributed by atoms with van der Waals surface area (Å²) in [5.74, 6) is -0.814. The van der Waals surface area contributed by atoms with Gasteiger partial charge < -0.3 is 5.32 Å². The van der Waals surface area contributed by atoms with Gasteiger partial charge in [0.05, 0.1) is 0 Å². The normalized spacial score (nSPS) is 12.4. The molecule has 2 rings (SSSR count). The van der Waals surface area contributed by atoms with E-state index in [4.69, 9.17) is 0 Å². The number of rotatable bonds is 4. The first-order valence-corrected chi connectivity index (χ1v) is 6.78. The van der Waals surface area contributed by atoms with E-state index in [0.717, 1.165) is 22.2 Å². The zero-order valence-electron chi connectivity index (χ0n) is 10.5. The Kier molecular flexibility index (Phi) is 4.66. The van der Waals surface area contributed by atoms with Crippen molar-refractivity contribution in [1.29, 1.82) is 0 Å². The van der Waals surface area contributed by atoms with Gasteiger partial charge in [0.1, 0.15) is 11.6 Å². The van der Waals surface area contributed by atoms with Crippen LogP contribution in [0.2, 0.25) is 0 Å². The van der Waals surface area contributed by atoms with Crippen LogP contribution in [0.5, 0.6) is 0 Å². The Balaban J connectivity index is 2.02. The number of benzene rings is 2. The summed E-state index contributed by atoms with van der Waals surface area (Å²) in [6, 6.07) is 11.4. The van der Waals surface area contributed by atoms with E-state index in [9.17, 15) is 8.78 Å². The van der Waals surface area contributed by atoms with Crippen molar-refractivity contribution in [1.82, 2.24) is 5.32 Å². The van der Waals surface area contributed by atoms with Crippen LogP contribution in [0.3, 0.4) is 0 Å². The van der Waals surface area contributed by atoms with E-state index in [2.05, 4.69) is 21.2 Å². The highest BCUT2D eigenvalue weighted by molar-refractivity contribution is 9.10. The first-order chi connectivity index (χ1) is 9.06. The van der Waals surface area contributed by atoms with Crippen LogP contribution in [0.1, 0.15) is 24.1 Å². The molecule has 19 heavy (non-hydrogen) atoms. The van der Waals surface area contributed by atoms with E-state index < -0.39 is 11.6 Å². The zero-order valence-corrected chi connectivity index (χ0v) is 12.0. The van der Waals surface area contributed by atoms with E-state index in [-0.39, 0.29) is 6.04 Å². The summed E-state index contributed by atoms with van der Waals surface area (Å²) in [7, 11) is 0. The minimum Gasteiger partial charge on any atom is -0.306 e. The van der Waals surface area contributed by atoms with E-state index >= 15 is 0 Å². The van der Waals surface area contributed by atoms with Crippen LogP contribution in [-0.4, -0.2) is 0 Å². The van der Waals surface area contributed by atoms with Crippen molar-refractivity contribution in [2.75, 3.05) is 0 Å². The fraction of sp³-hybridized carbons (Fsp3) is 0.200. The van der Waals surface area contributed by atoms with Crippen LogP contribution in [0.25, 0.3) is 0 Å². The molecule has 0 radical (unpaired) electrons. The van der Waals surface area contributed by atoms with E-state index in [1.54, 1.807) is 0 Å². The van der Waals surface area contributed by atoms with Gasteiger partial charge in [-0.2, -0.15) is 0 Å². The molecule has 0 spiro atoms. The first-order valence-electron chi connectivity index (χ1n) is 5.99. The predicted molar refractivity (Wildman–Crippen MR) is 75.8 cm³/mol. The van der Waals surface area contributed by atoms with Crippen LogP contribution in [0, 0.1) is 11.6 Å². The lowest BCUT2D eigenvalue weighted by molar-refractivity contribution is 0.535. The maximum atomic E-state index is 13.5. The van der Waals surface area contributed by atoms with Crippen LogP contribution in [0.4, 0.5) is 8.78 Å². The second-order valence-corrected chi connectivity index (χ2v) is 5.31. The summed E-state index contributed by atoms with van der Waals surface area (Å²) in [5, 5.41) is 3.18. The molecule has 2 aromatic rings. The van der Waals surface area contributed by atoms with Gasteiger partial charge >= 0.3 is 0 Å². The van der Waals surface area contributed by atoms with Crippen LogP contribution < -0.4 is 5.32 Å². The van der Waals surface area contributed by atoms with E-state index in [1.807, 2.05) is 31.2 Å². The van der Waals surface area contributed by atoms with Crippen molar-refractivity contribution in [3.63, 3.8) is 0 Å². The van der Waals surface area contributed by atoms with Gasteiger partial charge in [-0.1, -0.05) is 28.1 Å². The van der Waals surface area contributed by atoms with Gasteiger partial charge in [-0.3, -0.25) is 0 Å². The fourth-order valence-corrected chi connectivity index (χ4v) is 2.08. The molecular weight excluding hydrogens is 312 g/mol. The largest absolute Gasteiger partial charge is 0.306 e. The molecule has 100 valence electrons. The van der Waals surface area contributed by atoms with Gasteiger partial charge in [0, 0.05) is 22.6 Å². The third kappa shape index (κ3) is 3.85. The Morgan fingerprint density at radius 2 is 1.79 bits per heavy atom. The van der Waals surface area contributed by atoms with Gasteiger partial charge in [0.25, 0.3) is 0 Å². The van der Waals surface area contributed by atoms with Gasteiger partial charge in [-0.05, 0) is 42.8 Å². The van der Waals surface area contributed by atoms with Crippen molar-refractivity contribution in [3.8, 4) is 0 Å². The smallest absolute Gasteiger partial charge is 0.127 e. The number of nitrogens with one attached hydrogen (secondary N) is 1. The Morgan fingerprint density at radius 3 is 2.47 bits per heavy atom. The van der Waals surface area contributed by atoms with Gasteiger partial charge in [-0.25, -0.2) is 8.78 Å². The van der Waals surface area contributed by atoms with Crippen LogP contribution in [-0.2, 0) is 6.54 Å². The van der Waals surface area contributed by atoms with Crippen molar-refractivity contribution >= 4 is 15.9 Å². The minimum atomic E-state index is -0.422. The van der Waals surface area contributed by atoms with Crippen molar-refractivity contribution in [3.05, 3.63) is 69.7 Å². The lowest BCUT2D eigenvalue weighted by Gasteiger charge is -2.14. The highest BCUT2D eigenvalue weighted by Crippen LogP contribution is 2.17. The molecular formula is C15H14BrF2N. The topological polar surface area (TPSA) is 12.0 Å². The lowest BCUT2D eigenvalue weighted by Crippen LogP contribution is -2.18. The molecule has 1 N–H and O–H groups in total. The third-order valence-corrected chi connectivity index (χ3v) is 3.51. The molecule has 0 saturated carbocycles. The summed E-state index contributed by atoms with van der Waals surface area (Å²) < 4.78 is 27.5. The third-order valence-electron chi connectivity index (χ3n) is 2.98. The van der Waals surface area contributed by atoms with Gasteiger partial charge in [0.2, 0.25) is 0 Å². The molecule has 0 heterocycles. The highest BCUT2D eigenvalue weighted by atomic mass is 79.9. The summed E-state index contributed by atoms with van der Waals surface area (Å²) in [4.78, 5) is 0. The molecule has 0 aromatic heterocycles. The highest BCUT2D eigenvalue weighted by Gasteiger charge is 2.08. The van der Waals surface area contributed by atoms with E-state index in [0.29, 0.717) is 12.1 Å². The molecule has 0 saturated heterocycles. The standard InChI is InChI=1S/C15H14BrF2N/c1-10(11-2-4-13(16)5-3-11)19-9-12-8-14(17)6-7-15(12)18/h2-8,10,19H,9H2,1H3. The molecule has 0 aliphatic carbocycles. The summed E-state index contributed by atoms with van der Waals surface area (Å²) in [6.07, 6.45) is 0. The molecule has 1 nitrogen and oxygen atoms in total. The van der Waals surface area contributed by atoms with Crippen molar-refractivity contribution < 1.29 is 8.78 Å². The average Bonchev–Trinajstić information content (AvgIpc) is 2.40. The Hall–Kier alpha value is -1.26. The van der Waals surface area contributed by atoms with Crippen LogP contribution in [0.15, 0.2) is 46.9 Å². The molecule has 4 heteroatoms. The van der Waals surface area contributed by atoms with Crippen molar-refractivity contribution in [2.24, 2.45) is 0 Å². The maximum Gasteiger partial charge on any atom is 0.127 e. The molecule has 1 unspecified atom stereocenters. The predicted octanol–water partition coefficient (Wildman–Crippen LogP) is 4.58. The molecule has 0 bridgehead atoms. The lowest BCUT2D eigenvalue weighted by atomic mass is 10.1. The Labute approximate surface area is 119 Å². The molecule has 0 aliphatic heterocycles. The average molecular weight is 326 g/mol. The SMILES string of the molecule is CC(NCc1cc(F)ccc1F)c1ccc(Br)cc1. The minimum absolute atomic E-state index is 0.0655. The fourth-order valence-electron chi connectivity index (χ4n) is 1.81. The Morgan fingerprint density at radius 1 is 1.11 bits per heavy atom. The number of halogens is 3. The van der Waals surface area contributed by atoms with Crippen molar-refractivity contribution in [2.45, 2.75) is 19.5 Å². The molecule has 1 atom stereocenters. The summed E-state index contributed by atoms with van der Waals surface area (Å²) in [5.41, 5.74) is 1.43. The van der Waals surface area contributed by atoms with Crippen LogP contribution >= 0.6 is 15.9 Å². The second kappa shape index (κ2) is 6.26. The summed E-state index contributed by atoms with van der Waals surface area (Å²) in [6.45, 7) is 2.28. The summed E-state index contributed by atoms with van der Waals surface area (Å²) >= 11 is 3.38. The van der Waals surface area contributed by atoms with Gasteiger partial charge in [0.15, 0.2) is 0 Å². The van der Waals surface area contributed by atoms with Gasteiger partial charge in [-0.15, -0.1) is 0 Å². The zero-order chi connectivity index (χ0) is 13.8. The Bertz CT molecular complexity index is 555. The van der Waals surface area contributed by atoms with E-state index in [1.165, 1.54) is 6.07 Å². The monoisotopic (exact) mass is 325 g/mol. The quantitative estimate of drug-likeness (QED) is 0.867. The second-order valence-electron chi connectivity index (χ2n) is 4.39. The first kappa shape index (κ1) is 14.2. The molecule has 0 amide bonds. The molecule has 0 aliphatic rings. The maximum absolute atomic E-state index is 13.5. The number of hydrogen-bond acceptors (Lipinski definition) is 1. The molecule has 2 aromatic carbocycles. The molecule has 0 fully saturated rings.